The number of halogens is 1. The summed E-state index contributed by atoms with van der Waals surface area (Å²) in [6, 6.07) is 11.9. The van der Waals surface area contributed by atoms with E-state index in [0.29, 0.717) is 10.2 Å². The fraction of sp³-hybridized carbons (Fsp3) is 0.278. The highest BCUT2D eigenvalue weighted by Gasteiger charge is 2.21. The Bertz CT molecular complexity index is 876. The first-order chi connectivity index (χ1) is 12.7. The van der Waals surface area contributed by atoms with Gasteiger partial charge in [0.15, 0.2) is 5.16 Å². The van der Waals surface area contributed by atoms with Gasteiger partial charge < -0.3 is 15.0 Å². The average Bonchev–Trinajstić information content (AvgIpc) is 3.26. The highest BCUT2D eigenvalue weighted by Crippen LogP contribution is 2.32. The average molecular weight is 388 g/mol. The number of nitrogen functional groups attached to an aromatic ring is 1. The second-order valence-electron chi connectivity index (χ2n) is 6.03. The lowest BCUT2D eigenvalue weighted by Crippen LogP contribution is -2.16. The molecule has 0 spiro atoms. The predicted molar refractivity (Wildman–Crippen MR) is 102 cm³/mol. The molecule has 26 heavy (non-hydrogen) atoms. The molecular weight excluding hydrogens is 370 g/mol. The SMILES string of the molecule is Nc1nc(Cl)cc(Sc2ncc(-c3ccccc3)n2CC2CCCO2)n1. The van der Waals surface area contributed by atoms with Gasteiger partial charge in [0.2, 0.25) is 5.95 Å². The molecule has 4 rings (SSSR count). The van der Waals surface area contributed by atoms with Crippen LogP contribution in [-0.2, 0) is 11.3 Å². The molecule has 0 radical (unpaired) electrons. The molecule has 1 aliphatic heterocycles. The van der Waals surface area contributed by atoms with Gasteiger partial charge in [-0.15, -0.1) is 0 Å². The monoisotopic (exact) mass is 387 g/mol. The second kappa shape index (κ2) is 7.65. The molecule has 1 atom stereocenters. The van der Waals surface area contributed by atoms with Gasteiger partial charge >= 0.3 is 0 Å². The predicted octanol–water partition coefficient (Wildman–Crippen LogP) is 3.91. The van der Waals surface area contributed by atoms with Crippen molar-refractivity contribution < 1.29 is 4.74 Å². The van der Waals surface area contributed by atoms with Crippen molar-refractivity contribution in [1.29, 1.82) is 0 Å². The van der Waals surface area contributed by atoms with E-state index >= 15 is 0 Å². The first-order valence-electron chi connectivity index (χ1n) is 8.39. The minimum Gasteiger partial charge on any atom is -0.376 e. The Morgan fingerprint density at radius 3 is 2.85 bits per heavy atom. The topological polar surface area (TPSA) is 78.8 Å². The quantitative estimate of drug-likeness (QED) is 0.669. The van der Waals surface area contributed by atoms with Gasteiger partial charge in [-0.25, -0.2) is 15.0 Å². The minimum absolute atomic E-state index is 0.153. The van der Waals surface area contributed by atoms with Crippen molar-refractivity contribution in [3.63, 3.8) is 0 Å². The zero-order chi connectivity index (χ0) is 17.9. The van der Waals surface area contributed by atoms with Crippen LogP contribution in [0.1, 0.15) is 12.8 Å². The highest BCUT2D eigenvalue weighted by molar-refractivity contribution is 7.99. The highest BCUT2D eigenvalue weighted by atomic mass is 35.5. The van der Waals surface area contributed by atoms with E-state index in [-0.39, 0.29) is 12.1 Å². The van der Waals surface area contributed by atoms with E-state index in [1.165, 1.54) is 11.8 Å². The van der Waals surface area contributed by atoms with Crippen molar-refractivity contribution in [3.05, 3.63) is 47.7 Å². The van der Waals surface area contributed by atoms with Crippen LogP contribution in [0, 0.1) is 0 Å². The Hall–Kier alpha value is -2.09. The van der Waals surface area contributed by atoms with Crippen molar-refractivity contribution in [2.45, 2.75) is 35.7 Å². The Morgan fingerprint density at radius 2 is 2.12 bits per heavy atom. The largest absolute Gasteiger partial charge is 0.376 e. The van der Waals surface area contributed by atoms with Crippen LogP contribution in [0.4, 0.5) is 5.95 Å². The van der Waals surface area contributed by atoms with Crippen molar-refractivity contribution in [3.8, 4) is 11.3 Å². The molecule has 0 bridgehead atoms. The lowest BCUT2D eigenvalue weighted by molar-refractivity contribution is 0.0954. The number of imidazole rings is 1. The molecule has 6 nitrogen and oxygen atoms in total. The van der Waals surface area contributed by atoms with Gasteiger partial charge in [-0.3, -0.25) is 0 Å². The third kappa shape index (κ3) is 3.85. The summed E-state index contributed by atoms with van der Waals surface area (Å²) >= 11 is 7.43. The third-order valence-corrected chi connectivity index (χ3v) is 5.30. The number of aromatic nitrogens is 4. The zero-order valence-corrected chi connectivity index (χ0v) is 15.6. The van der Waals surface area contributed by atoms with Crippen molar-refractivity contribution in [2.24, 2.45) is 0 Å². The van der Waals surface area contributed by atoms with Crippen LogP contribution < -0.4 is 5.73 Å². The van der Waals surface area contributed by atoms with Crippen LogP contribution >= 0.6 is 23.4 Å². The van der Waals surface area contributed by atoms with Crippen LogP contribution in [0.2, 0.25) is 5.15 Å². The van der Waals surface area contributed by atoms with E-state index in [1.807, 2.05) is 24.4 Å². The Morgan fingerprint density at radius 1 is 1.27 bits per heavy atom. The van der Waals surface area contributed by atoms with Crippen LogP contribution in [0.15, 0.2) is 52.8 Å². The first kappa shape index (κ1) is 17.3. The molecule has 3 aromatic rings. The number of anilines is 1. The maximum atomic E-state index is 6.00. The molecule has 2 N–H and O–H groups in total. The van der Waals surface area contributed by atoms with E-state index in [0.717, 1.165) is 42.4 Å². The Balaban J connectivity index is 1.70. The zero-order valence-electron chi connectivity index (χ0n) is 14.0. The fourth-order valence-electron chi connectivity index (χ4n) is 3.01. The van der Waals surface area contributed by atoms with Crippen LogP contribution in [-0.4, -0.2) is 32.2 Å². The molecule has 0 aliphatic carbocycles. The van der Waals surface area contributed by atoms with Crippen molar-refractivity contribution in [2.75, 3.05) is 12.3 Å². The minimum atomic E-state index is 0.153. The number of rotatable bonds is 5. The molecule has 2 aromatic heterocycles. The number of nitrogens with zero attached hydrogens (tertiary/aromatic N) is 4. The van der Waals surface area contributed by atoms with Crippen LogP contribution in [0.25, 0.3) is 11.3 Å². The summed E-state index contributed by atoms with van der Waals surface area (Å²) < 4.78 is 8.02. The molecule has 3 heterocycles. The third-order valence-electron chi connectivity index (χ3n) is 4.18. The Kier molecular flexibility index (Phi) is 5.10. The maximum Gasteiger partial charge on any atom is 0.222 e. The molecule has 1 saturated heterocycles. The van der Waals surface area contributed by atoms with E-state index in [4.69, 9.17) is 22.1 Å². The lowest BCUT2D eigenvalue weighted by Gasteiger charge is -2.16. The second-order valence-corrected chi connectivity index (χ2v) is 7.40. The number of hydrogen-bond donors (Lipinski definition) is 1. The van der Waals surface area contributed by atoms with Gasteiger partial charge in [0.1, 0.15) is 10.2 Å². The van der Waals surface area contributed by atoms with E-state index < -0.39 is 0 Å². The summed E-state index contributed by atoms with van der Waals surface area (Å²) in [4.78, 5) is 12.8. The lowest BCUT2D eigenvalue weighted by atomic mass is 10.1. The van der Waals surface area contributed by atoms with Gasteiger partial charge in [-0.1, -0.05) is 41.9 Å². The van der Waals surface area contributed by atoms with Gasteiger partial charge in [-0.05, 0) is 30.2 Å². The van der Waals surface area contributed by atoms with Crippen molar-refractivity contribution >= 4 is 29.3 Å². The molecule has 0 saturated carbocycles. The van der Waals surface area contributed by atoms with Crippen LogP contribution in [0.5, 0.6) is 0 Å². The fourth-order valence-corrected chi connectivity index (χ4v) is 4.15. The van der Waals surface area contributed by atoms with Gasteiger partial charge in [0.25, 0.3) is 0 Å². The smallest absolute Gasteiger partial charge is 0.222 e. The normalized spacial score (nSPS) is 16.9. The first-order valence-corrected chi connectivity index (χ1v) is 9.59. The van der Waals surface area contributed by atoms with Gasteiger partial charge in [-0.2, -0.15) is 0 Å². The molecule has 8 heteroatoms. The van der Waals surface area contributed by atoms with Crippen LogP contribution in [0.3, 0.4) is 0 Å². The summed E-state index contributed by atoms with van der Waals surface area (Å²) in [7, 11) is 0. The van der Waals surface area contributed by atoms with E-state index in [9.17, 15) is 0 Å². The number of benzene rings is 1. The standard InChI is InChI=1S/C18H18ClN5OS/c19-15-9-16(23-17(20)22-15)26-18-21-10-14(12-5-2-1-3-6-12)24(18)11-13-7-4-8-25-13/h1-3,5-6,9-10,13H,4,7-8,11H2,(H2,20,22,23). The molecule has 1 unspecified atom stereocenters. The number of hydrogen-bond acceptors (Lipinski definition) is 6. The summed E-state index contributed by atoms with van der Waals surface area (Å²) in [6.45, 7) is 1.57. The molecule has 1 fully saturated rings. The molecule has 1 aliphatic rings. The summed E-state index contributed by atoms with van der Waals surface area (Å²) in [6.07, 6.45) is 4.24. The number of ether oxygens (including phenoxy) is 1. The molecular formula is C18H18ClN5OS. The maximum absolute atomic E-state index is 6.00. The summed E-state index contributed by atoms with van der Waals surface area (Å²) in [5.74, 6) is 0.153. The van der Waals surface area contributed by atoms with Crippen molar-refractivity contribution in [1.82, 2.24) is 19.5 Å². The van der Waals surface area contributed by atoms with E-state index in [1.54, 1.807) is 6.07 Å². The van der Waals surface area contributed by atoms with Gasteiger partial charge in [0, 0.05) is 12.7 Å². The summed E-state index contributed by atoms with van der Waals surface area (Å²) in [5.41, 5.74) is 7.88. The van der Waals surface area contributed by atoms with Gasteiger partial charge in [0.05, 0.1) is 24.5 Å². The molecule has 0 amide bonds. The Labute approximate surface area is 160 Å². The van der Waals surface area contributed by atoms with E-state index in [2.05, 4.69) is 31.7 Å². The summed E-state index contributed by atoms with van der Waals surface area (Å²) in [5, 5.41) is 1.82. The number of nitrogens with two attached hydrogens (primary N) is 1. The molecule has 134 valence electrons. The molecule has 1 aromatic carbocycles.